The van der Waals surface area contributed by atoms with Crippen LogP contribution in [0.3, 0.4) is 0 Å². The number of amides is 1. The van der Waals surface area contributed by atoms with E-state index in [-0.39, 0.29) is 29.3 Å². The first kappa shape index (κ1) is 21.9. The van der Waals surface area contributed by atoms with Crippen LogP contribution in [0.25, 0.3) is 11.1 Å². The van der Waals surface area contributed by atoms with Crippen molar-refractivity contribution < 1.29 is 4.79 Å². The predicted molar refractivity (Wildman–Crippen MR) is 123 cm³/mol. The van der Waals surface area contributed by atoms with Crippen LogP contribution in [-0.2, 0) is 4.79 Å². The molecule has 31 heavy (non-hydrogen) atoms. The number of aromatic nitrogens is 1. The Hall–Kier alpha value is -3.81. The first-order valence-corrected chi connectivity index (χ1v) is 10.6. The molecule has 3 rings (SSSR count). The molecule has 0 saturated carbocycles. The number of aryl methyl sites for hydroxylation is 2. The van der Waals surface area contributed by atoms with Gasteiger partial charge in [-0.3, -0.25) is 4.79 Å². The summed E-state index contributed by atoms with van der Waals surface area (Å²) in [5, 5.41) is 22.7. The molecule has 0 atom stereocenters. The SMILES string of the molecule is Cc1cccc(C)c1NC(=O)CCSc1nc(N)c(C#N)c(-c2ccccc2)c1C#N. The lowest BCUT2D eigenvalue weighted by molar-refractivity contribution is -0.115. The second kappa shape index (κ2) is 9.80. The summed E-state index contributed by atoms with van der Waals surface area (Å²) < 4.78 is 0. The molecule has 1 aromatic heterocycles. The predicted octanol–water partition coefficient (Wildman–Crippen LogP) is 4.81. The molecule has 0 radical (unpaired) electrons. The smallest absolute Gasteiger partial charge is 0.225 e. The van der Waals surface area contributed by atoms with E-state index in [1.807, 2.05) is 62.4 Å². The summed E-state index contributed by atoms with van der Waals surface area (Å²) in [6.45, 7) is 3.90. The fourth-order valence-corrected chi connectivity index (χ4v) is 4.19. The summed E-state index contributed by atoms with van der Waals surface area (Å²) in [4.78, 5) is 16.7. The van der Waals surface area contributed by atoms with Gasteiger partial charge in [-0.05, 0) is 30.5 Å². The molecule has 3 N–H and O–H groups in total. The zero-order chi connectivity index (χ0) is 22.4. The third kappa shape index (κ3) is 4.85. The summed E-state index contributed by atoms with van der Waals surface area (Å²) in [6.07, 6.45) is 0.242. The van der Waals surface area contributed by atoms with Gasteiger partial charge in [-0.2, -0.15) is 10.5 Å². The van der Waals surface area contributed by atoms with Crippen molar-refractivity contribution in [3.8, 4) is 23.3 Å². The molecule has 0 aliphatic rings. The number of pyridine rings is 1. The van der Waals surface area contributed by atoms with Crippen LogP contribution in [0.5, 0.6) is 0 Å². The number of hydrogen-bond acceptors (Lipinski definition) is 6. The number of thioether (sulfide) groups is 1. The highest BCUT2D eigenvalue weighted by atomic mass is 32.2. The molecule has 154 valence electrons. The maximum Gasteiger partial charge on any atom is 0.225 e. The van der Waals surface area contributed by atoms with Gasteiger partial charge < -0.3 is 11.1 Å². The quantitative estimate of drug-likeness (QED) is 0.545. The molecule has 2 aromatic carbocycles. The number of benzene rings is 2. The fourth-order valence-electron chi connectivity index (χ4n) is 3.25. The second-order valence-electron chi connectivity index (χ2n) is 6.93. The molecule has 0 fully saturated rings. The number of nitrogens with one attached hydrogen (secondary N) is 1. The summed E-state index contributed by atoms with van der Waals surface area (Å²) in [5.74, 6) is 0.369. The van der Waals surface area contributed by atoms with Crippen molar-refractivity contribution in [1.82, 2.24) is 4.98 Å². The van der Waals surface area contributed by atoms with E-state index in [4.69, 9.17) is 5.73 Å². The molecule has 0 aliphatic heterocycles. The number of carbonyl (C=O) groups excluding carboxylic acids is 1. The van der Waals surface area contributed by atoms with Crippen LogP contribution < -0.4 is 11.1 Å². The van der Waals surface area contributed by atoms with Crippen molar-refractivity contribution >= 4 is 29.2 Å². The number of nitrogens with zero attached hydrogens (tertiary/aromatic N) is 3. The largest absolute Gasteiger partial charge is 0.383 e. The lowest BCUT2D eigenvalue weighted by Crippen LogP contribution is -2.14. The van der Waals surface area contributed by atoms with Crippen molar-refractivity contribution in [3.63, 3.8) is 0 Å². The van der Waals surface area contributed by atoms with E-state index < -0.39 is 0 Å². The number of para-hydroxylation sites is 1. The topological polar surface area (TPSA) is 116 Å². The second-order valence-corrected chi connectivity index (χ2v) is 8.01. The number of nitrogen functional groups attached to an aromatic ring is 1. The minimum absolute atomic E-state index is 0.0721. The van der Waals surface area contributed by atoms with Crippen molar-refractivity contribution in [2.45, 2.75) is 25.3 Å². The van der Waals surface area contributed by atoms with Gasteiger partial charge in [-0.15, -0.1) is 11.8 Å². The molecule has 0 unspecified atom stereocenters. The molecular formula is C24H21N5OS. The van der Waals surface area contributed by atoms with Gasteiger partial charge in [0.25, 0.3) is 0 Å². The van der Waals surface area contributed by atoms with Crippen LogP contribution in [0.2, 0.25) is 0 Å². The van der Waals surface area contributed by atoms with Gasteiger partial charge in [-0.1, -0.05) is 48.5 Å². The Bertz CT molecular complexity index is 1190. The lowest BCUT2D eigenvalue weighted by atomic mass is 9.97. The van der Waals surface area contributed by atoms with Gasteiger partial charge in [0.1, 0.15) is 28.5 Å². The van der Waals surface area contributed by atoms with Crippen LogP contribution in [0, 0.1) is 36.5 Å². The Morgan fingerprint density at radius 2 is 1.68 bits per heavy atom. The zero-order valence-electron chi connectivity index (χ0n) is 17.3. The van der Waals surface area contributed by atoms with Crippen LogP contribution in [0.15, 0.2) is 53.6 Å². The molecular weight excluding hydrogens is 406 g/mol. The minimum Gasteiger partial charge on any atom is -0.383 e. The number of nitrogens with two attached hydrogens (primary N) is 1. The Balaban J connectivity index is 1.81. The monoisotopic (exact) mass is 427 g/mol. The molecule has 1 amide bonds. The van der Waals surface area contributed by atoms with Crippen molar-refractivity contribution in [3.05, 3.63) is 70.8 Å². The van der Waals surface area contributed by atoms with Crippen molar-refractivity contribution in [2.24, 2.45) is 0 Å². The van der Waals surface area contributed by atoms with Gasteiger partial charge in [-0.25, -0.2) is 4.98 Å². The number of carbonyl (C=O) groups is 1. The highest BCUT2D eigenvalue weighted by molar-refractivity contribution is 7.99. The highest BCUT2D eigenvalue weighted by Crippen LogP contribution is 2.35. The summed E-state index contributed by atoms with van der Waals surface area (Å²) >= 11 is 1.28. The Kier molecular flexibility index (Phi) is 6.92. The van der Waals surface area contributed by atoms with Crippen molar-refractivity contribution in [2.75, 3.05) is 16.8 Å². The molecule has 7 heteroatoms. The Morgan fingerprint density at radius 1 is 1.03 bits per heavy atom. The lowest BCUT2D eigenvalue weighted by Gasteiger charge is -2.13. The average molecular weight is 428 g/mol. The maximum atomic E-state index is 12.4. The highest BCUT2D eigenvalue weighted by Gasteiger charge is 2.20. The Labute approximate surface area is 185 Å². The number of hydrogen-bond donors (Lipinski definition) is 2. The number of nitriles is 2. The van der Waals surface area contributed by atoms with E-state index in [0.29, 0.717) is 16.3 Å². The maximum absolute atomic E-state index is 12.4. The van der Waals surface area contributed by atoms with Gasteiger partial charge in [0.05, 0.1) is 5.56 Å². The zero-order valence-corrected chi connectivity index (χ0v) is 18.1. The number of anilines is 2. The van der Waals surface area contributed by atoms with Crippen LogP contribution in [0.4, 0.5) is 11.5 Å². The fraction of sp³-hybridized carbons (Fsp3) is 0.167. The van der Waals surface area contributed by atoms with Gasteiger partial charge in [0.2, 0.25) is 5.91 Å². The summed E-state index contributed by atoms with van der Waals surface area (Å²) in [5.41, 5.74) is 10.5. The van der Waals surface area contributed by atoms with E-state index in [1.54, 1.807) is 0 Å². The molecule has 0 spiro atoms. The van der Waals surface area contributed by atoms with E-state index in [9.17, 15) is 15.3 Å². The molecule has 0 aliphatic carbocycles. The first-order chi connectivity index (χ1) is 15.0. The van der Waals surface area contributed by atoms with E-state index in [2.05, 4.69) is 22.4 Å². The van der Waals surface area contributed by atoms with E-state index >= 15 is 0 Å². The summed E-state index contributed by atoms with van der Waals surface area (Å²) in [7, 11) is 0. The molecule has 1 heterocycles. The number of rotatable bonds is 6. The van der Waals surface area contributed by atoms with E-state index in [0.717, 1.165) is 22.4 Å². The van der Waals surface area contributed by atoms with Crippen molar-refractivity contribution in [1.29, 1.82) is 10.5 Å². The summed E-state index contributed by atoms with van der Waals surface area (Å²) in [6, 6.07) is 19.2. The van der Waals surface area contributed by atoms with Gasteiger partial charge >= 0.3 is 0 Å². The first-order valence-electron chi connectivity index (χ1n) is 9.64. The minimum atomic E-state index is -0.117. The molecule has 6 nitrogen and oxygen atoms in total. The third-order valence-electron chi connectivity index (χ3n) is 4.79. The molecule has 0 saturated heterocycles. The average Bonchev–Trinajstić information content (AvgIpc) is 2.76. The standard InChI is InChI=1S/C24H21N5OS/c1-15-7-6-8-16(2)22(15)28-20(30)11-12-31-24-19(14-26)21(17-9-4-3-5-10-17)18(13-25)23(27)29-24/h3-10H,11-12H2,1-2H3,(H2,27,29)(H,28,30). The normalized spacial score (nSPS) is 10.2. The molecule has 0 bridgehead atoms. The van der Waals surface area contributed by atoms with Crippen LogP contribution >= 0.6 is 11.8 Å². The third-order valence-corrected chi connectivity index (χ3v) is 5.77. The van der Waals surface area contributed by atoms with Crippen LogP contribution in [-0.4, -0.2) is 16.6 Å². The van der Waals surface area contributed by atoms with E-state index in [1.165, 1.54) is 11.8 Å². The molecule has 3 aromatic rings. The van der Waals surface area contributed by atoms with Crippen LogP contribution in [0.1, 0.15) is 28.7 Å². The van der Waals surface area contributed by atoms with Gasteiger partial charge in [0, 0.05) is 23.4 Å². The van der Waals surface area contributed by atoms with Gasteiger partial charge in [0.15, 0.2) is 0 Å². The Morgan fingerprint density at radius 3 is 2.29 bits per heavy atom.